The molecule has 1 saturated heterocycles. The number of morpholine rings is 1. The van der Waals surface area contributed by atoms with Crippen molar-refractivity contribution in [1.82, 2.24) is 5.32 Å². The van der Waals surface area contributed by atoms with Crippen molar-refractivity contribution in [2.24, 2.45) is 0 Å². The highest BCUT2D eigenvalue weighted by Gasteiger charge is 2.23. The fourth-order valence-corrected chi connectivity index (χ4v) is 3.03. The van der Waals surface area contributed by atoms with Crippen LogP contribution in [0.1, 0.15) is 12.8 Å². The summed E-state index contributed by atoms with van der Waals surface area (Å²) in [6.45, 7) is 3.32. The number of rotatable bonds is 5. The maximum atomic E-state index is 11.8. The molecule has 26 heavy (non-hydrogen) atoms. The second-order valence-electron chi connectivity index (χ2n) is 6.69. The van der Waals surface area contributed by atoms with Crippen LogP contribution in [-0.4, -0.2) is 38.4 Å². The van der Waals surface area contributed by atoms with Crippen LogP contribution in [0.2, 0.25) is 0 Å². The molecule has 1 aliphatic carbocycles. The van der Waals surface area contributed by atoms with Gasteiger partial charge < -0.3 is 25.6 Å². The molecular weight excluding hydrogens is 328 g/mol. The molecule has 4 rings (SSSR count). The molecule has 0 radical (unpaired) electrons. The van der Waals surface area contributed by atoms with E-state index < -0.39 is 0 Å². The number of hydrogen-bond acceptors (Lipinski definition) is 4. The van der Waals surface area contributed by atoms with Gasteiger partial charge in [0.05, 0.1) is 24.6 Å². The van der Waals surface area contributed by atoms with Crippen molar-refractivity contribution in [3.05, 3.63) is 48.5 Å². The van der Waals surface area contributed by atoms with Crippen LogP contribution < -0.4 is 20.9 Å². The van der Waals surface area contributed by atoms with E-state index in [0.29, 0.717) is 6.04 Å². The Morgan fingerprint density at radius 2 is 1.65 bits per heavy atom. The van der Waals surface area contributed by atoms with Gasteiger partial charge in [-0.2, -0.15) is 0 Å². The zero-order valence-corrected chi connectivity index (χ0v) is 14.7. The lowest BCUT2D eigenvalue weighted by molar-refractivity contribution is 0.123. The molecule has 0 aromatic heterocycles. The van der Waals surface area contributed by atoms with E-state index in [1.54, 1.807) is 0 Å². The van der Waals surface area contributed by atoms with Crippen molar-refractivity contribution < 1.29 is 9.53 Å². The summed E-state index contributed by atoms with van der Waals surface area (Å²) >= 11 is 0. The summed E-state index contributed by atoms with van der Waals surface area (Å²) in [5.74, 6) is 0. The number of carbonyl (C=O) groups is 1. The third kappa shape index (κ3) is 4.26. The Hall–Kier alpha value is -2.73. The smallest absolute Gasteiger partial charge is 0.319 e. The first-order valence-corrected chi connectivity index (χ1v) is 9.14. The lowest BCUT2D eigenvalue weighted by atomic mass is 10.2. The van der Waals surface area contributed by atoms with E-state index in [4.69, 9.17) is 4.74 Å². The number of nitrogens with zero attached hydrogens (tertiary/aromatic N) is 1. The molecule has 0 unspecified atom stereocenters. The minimum atomic E-state index is -0.133. The molecule has 6 heteroatoms. The van der Waals surface area contributed by atoms with Gasteiger partial charge in [-0.25, -0.2) is 4.79 Å². The molecule has 0 atom stereocenters. The van der Waals surface area contributed by atoms with Gasteiger partial charge in [-0.3, -0.25) is 0 Å². The average Bonchev–Trinajstić information content (AvgIpc) is 3.48. The van der Waals surface area contributed by atoms with Crippen molar-refractivity contribution >= 4 is 28.8 Å². The van der Waals surface area contributed by atoms with Gasteiger partial charge >= 0.3 is 6.03 Å². The topological polar surface area (TPSA) is 65.6 Å². The van der Waals surface area contributed by atoms with Crippen LogP contribution in [-0.2, 0) is 4.74 Å². The largest absolute Gasteiger partial charge is 0.378 e. The summed E-state index contributed by atoms with van der Waals surface area (Å²) in [5.41, 5.74) is 4.03. The molecule has 2 aromatic carbocycles. The quantitative estimate of drug-likeness (QED) is 0.770. The zero-order valence-electron chi connectivity index (χ0n) is 14.7. The highest BCUT2D eigenvalue weighted by molar-refractivity contribution is 5.90. The lowest BCUT2D eigenvalue weighted by Gasteiger charge is -2.30. The van der Waals surface area contributed by atoms with Gasteiger partial charge in [0.2, 0.25) is 0 Å². The van der Waals surface area contributed by atoms with Gasteiger partial charge in [0, 0.05) is 30.5 Å². The molecule has 3 N–H and O–H groups in total. The summed E-state index contributed by atoms with van der Waals surface area (Å²) in [6, 6.07) is 16.3. The van der Waals surface area contributed by atoms with Crippen LogP contribution in [0.15, 0.2) is 48.5 Å². The van der Waals surface area contributed by atoms with Gasteiger partial charge in [0.15, 0.2) is 0 Å². The number of ether oxygens (including phenoxy) is 1. The Morgan fingerprint density at radius 1 is 0.962 bits per heavy atom. The second kappa shape index (κ2) is 7.66. The predicted octanol–water partition coefficient (Wildman–Crippen LogP) is 3.55. The molecule has 2 aromatic rings. The van der Waals surface area contributed by atoms with Crippen LogP contribution in [0.25, 0.3) is 0 Å². The monoisotopic (exact) mass is 352 g/mol. The summed E-state index contributed by atoms with van der Waals surface area (Å²) in [4.78, 5) is 14.1. The van der Waals surface area contributed by atoms with E-state index in [1.807, 2.05) is 30.3 Å². The van der Waals surface area contributed by atoms with Crippen molar-refractivity contribution in [1.29, 1.82) is 0 Å². The van der Waals surface area contributed by atoms with Crippen LogP contribution in [0.5, 0.6) is 0 Å². The van der Waals surface area contributed by atoms with Gasteiger partial charge in [-0.1, -0.05) is 12.1 Å². The van der Waals surface area contributed by atoms with Gasteiger partial charge in [0.25, 0.3) is 0 Å². The Bertz CT molecular complexity index is 753. The van der Waals surface area contributed by atoms with Crippen LogP contribution in [0, 0.1) is 0 Å². The molecule has 6 nitrogen and oxygen atoms in total. The van der Waals surface area contributed by atoms with Crippen molar-refractivity contribution in [2.75, 3.05) is 41.8 Å². The summed E-state index contributed by atoms with van der Waals surface area (Å²) < 4.78 is 5.45. The number of nitrogens with one attached hydrogen (secondary N) is 3. The maximum absolute atomic E-state index is 11.8. The number of urea groups is 1. The number of amides is 2. The standard InChI is InChI=1S/C20H24N4O2/c25-20(23-17-9-10-17)22-16-7-5-15(6-8-16)21-18-3-1-2-4-19(18)24-11-13-26-14-12-24/h1-8,17,21H,9-14H2,(H2,22,23,25). The van der Waals surface area contributed by atoms with Crippen LogP contribution in [0.3, 0.4) is 0 Å². The molecule has 1 saturated carbocycles. The van der Waals surface area contributed by atoms with E-state index in [-0.39, 0.29) is 6.03 Å². The predicted molar refractivity (Wildman–Crippen MR) is 104 cm³/mol. The number of para-hydroxylation sites is 2. The first-order valence-electron chi connectivity index (χ1n) is 9.14. The van der Waals surface area contributed by atoms with E-state index in [9.17, 15) is 4.79 Å². The van der Waals surface area contributed by atoms with Crippen molar-refractivity contribution in [3.8, 4) is 0 Å². The van der Waals surface area contributed by atoms with Crippen molar-refractivity contribution in [2.45, 2.75) is 18.9 Å². The lowest BCUT2D eigenvalue weighted by Crippen LogP contribution is -2.36. The zero-order chi connectivity index (χ0) is 17.8. The SMILES string of the molecule is O=C(Nc1ccc(Nc2ccccc2N2CCOCC2)cc1)NC1CC1. The van der Waals surface area contributed by atoms with Crippen molar-refractivity contribution in [3.63, 3.8) is 0 Å². The number of anilines is 4. The van der Waals surface area contributed by atoms with Crippen LogP contribution in [0.4, 0.5) is 27.5 Å². The normalized spacial score (nSPS) is 16.8. The maximum Gasteiger partial charge on any atom is 0.319 e. The molecule has 0 bridgehead atoms. The average molecular weight is 352 g/mol. The van der Waals surface area contributed by atoms with E-state index in [0.717, 1.165) is 56.2 Å². The Balaban J connectivity index is 1.41. The molecule has 1 aliphatic heterocycles. The molecule has 1 heterocycles. The van der Waals surface area contributed by atoms with Gasteiger partial charge in [0.1, 0.15) is 0 Å². The third-order valence-corrected chi connectivity index (χ3v) is 4.59. The van der Waals surface area contributed by atoms with Crippen LogP contribution >= 0.6 is 0 Å². The Kier molecular flexibility index (Phi) is 4.93. The van der Waals surface area contributed by atoms with Gasteiger partial charge in [-0.05, 0) is 49.2 Å². The number of carbonyl (C=O) groups excluding carboxylic acids is 1. The minimum Gasteiger partial charge on any atom is -0.378 e. The summed E-state index contributed by atoms with van der Waals surface area (Å²) in [5, 5.41) is 9.27. The minimum absolute atomic E-state index is 0.133. The number of hydrogen-bond donors (Lipinski definition) is 3. The Labute approximate surface area is 153 Å². The molecule has 0 spiro atoms. The Morgan fingerprint density at radius 3 is 2.38 bits per heavy atom. The fraction of sp³-hybridized carbons (Fsp3) is 0.350. The molecule has 136 valence electrons. The molecular formula is C20H24N4O2. The van der Waals surface area contributed by atoms with E-state index >= 15 is 0 Å². The molecule has 2 amide bonds. The second-order valence-corrected chi connectivity index (χ2v) is 6.69. The first-order chi connectivity index (χ1) is 12.8. The van der Waals surface area contributed by atoms with E-state index in [2.05, 4.69) is 39.0 Å². The third-order valence-electron chi connectivity index (χ3n) is 4.59. The summed E-state index contributed by atoms with van der Waals surface area (Å²) in [7, 11) is 0. The summed E-state index contributed by atoms with van der Waals surface area (Å²) in [6.07, 6.45) is 2.16. The molecule has 2 aliphatic rings. The highest BCUT2D eigenvalue weighted by atomic mass is 16.5. The molecule has 2 fully saturated rings. The first kappa shape index (κ1) is 16.7. The fourth-order valence-electron chi connectivity index (χ4n) is 3.03. The van der Waals surface area contributed by atoms with E-state index in [1.165, 1.54) is 5.69 Å². The van der Waals surface area contributed by atoms with Gasteiger partial charge in [-0.15, -0.1) is 0 Å². The highest BCUT2D eigenvalue weighted by Crippen LogP contribution is 2.29. The number of benzene rings is 2.